The van der Waals surface area contributed by atoms with Crippen LogP contribution in [0.25, 0.3) is 11.3 Å². The molecule has 40 heavy (non-hydrogen) atoms. The number of carbonyl (C=O) groups is 2. The fraction of sp³-hybridized carbons (Fsp3) is 0.414. The van der Waals surface area contributed by atoms with Crippen molar-refractivity contribution < 1.29 is 19.8 Å². The number of aliphatic hydroxyl groups is 2. The third kappa shape index (κ3) is 5.94. The van der Waals surface area contributed by atoms with Crippen LogP contribution < -0.4 is 10.6 Å². The number of hydrogen-bond acceptors (Lipinski definition) is 8. The summed E-state index contributed by atoms with van der Waals surface area (Å²) < 4.78 is 0. The predicted octanol–water partition coefficient (Wildman–Crippen LogP) is 3.41. The van der Waals surface area contributed by atoms with Crippen molar-refractivity contribution >= 4 is 29.4 Å². The van der Waals surface area contributed by atoms with E-state index in [-0.39, 0.29) is 37.1 Å². The average Bonchev–Trinajstić information content (AvgIpc) is 3.28. The van der Waals surface area contributed by atoms with Crippen LogP contribution in [0.3, 0.4) is 0 Å². The van der Waals surface area contributed by atoms with Crippen LogP contribution >= 0.6 is 11.6 Å². The van der Waals surface area contributed by atoms with Gasteiger partial charge in [-0.25, -0.2) is 9.97 Å². The van der Waals surface area contributed by atoms with E-state index in [0.29, 0.717) is 33.5 Å². The molecule has 0 radical (unpaired) electrons. The first-order chi connectivity index (χ1) is 19.2. The summed E-state index contributed by atoms with van der Waals surface area (Å²) in [5, 5.41) is 26.2. The summed E-state index contributed by atoms with van der Waals surface area (Å²) in [7, 11) is 0. The number of aryl methyl sites for hydroxylation is 1. The topological polar surface area (TPSA) is 141 Å². The number of aromatic nitrogens is 3. The van der Waals surface area contributed by atoms with E-state index in [0.717, 1.165) is 36.8 Å². The maximum atomic E-state index is 13.4. The molecule has 210 valence electrons. The van der Waals surface area contributed by atoms with Crippen molar-refractivity contribution in [2.75, 3.05) is 11.9 Å². The van der Waals surface area contributed by atoms with Gasteiger partial charge in [-0.2, -0.15) is 0 Å². The monoisotopic (exact) mass is 564 g/mol. The van der Waals surface area contributed by atoms with Gasteiger partial charge < -0.3 is 25.7 Å². The quantitative estimate of drug-likeness (QED) is 0.326. The van der Waals surface area contributed by atoms with Crippen molar-refractivity contribution in [3.05, 3.63) is 70.1 Å². The second kappa shape index (κ2) is 11.9. The van der Waals surface area contributed by atoms with E-state index >= 15 is 0 Å². The summed E-state index contributed by atoms with van der Waals surface area (Å²) >= 11 is 6.44. The van der Waals surface area contributed by atoms with Gasteiger partial charge in [0.05, 0.1) is 53.5 Å². The first-order valence-electron chi connectivity index (χ1n) is 13.5. The highest BCUT2D eigenvalue weighted by molar-refractivity contribution is 6.33. The fourth-order valence-corrected chi connectivity index (χ4v) is 5.43. The van der Waals surface area contributed by atoms with Crippen molar-refractivity contribution in [1.82, 2.24) is 25.2 Å². The number of amides is 2. The lowest BCUT2D eigenvalue weighted by Crippen LogP contribution is -2.46. The summed E-state index contributed by atoms with van der Waals surface area (Å²) in [5.74, 6) is -0.259. The Morgan fingerprint density at radius 1 is 1.18 bits per heavy atom. The molecule has 1 aliphatic carbocycles. The Bertz CT molecular complexity index is 1410. The van der Waals surface area contributed by atoms with E-state index in [1.165, 1.54) is 11.1 Å². The first-order valence-corrected chi connectivity index (χ1v) is 13.9. The summed E-state index contributed by atoms with van der Waals surface area (Å²) in [6, 6.07) is 8.07. The first kappa shape index (κ1) is 27.9. The SMILES string of the molecule is Cc1cccc(C(CO)NC(=O)C(C)N2Cc3ncc(-c4nc(NC5CCC(O)CC5)ncc4Cl)cc3C2=O)c1. The molecule has 1 aliphatic heterocycles. The van der Waals surface area contributed by atoms with Gasteiger partial charge in [-0.15, -0.1) is 0 Å². The number of nitrogens with one attached hydrogen (secondary N) is 2. The number of aliphatic hydroxyl groups excluding tert-OH is 2. The largest absolute Gasteiger partial charge is 0.394 e. The smallest absolute Gasteiger partial charge is 0.256 e. The lowest BCUT2D eigenvalue weighted by molar-refractivity contribution is -0.126. The Morgan fingerprint density at radius 2 is 1.95 bits per heavy atom. The molecule has 2 atom stereocenters. The molecule has 2 amide bonds. The Labute approximate surface area is 237 Å². The van der Waals surface area contributed by atoms with Crippen LogP contribution in [0.5, 0.6) is 0 Å². The van der Waals surface area contributed by atoms with Gasteiger partial charge >= 0.3 is 0 Å². The van der Waals surface area contributed by atoms with E-state index in [1.807, 2.05) is 31.2 Å². The molecule has 1 saturated carbocycles. The van der Waals surface area contributed by atoms with Crippen molar-refractivity contribution in [1.29, 1.82) is 0 Å². The number of benzene rings is 1. The maximum absolute atomic E-state index is 13.4. The number of carbonyl (C=O) groups excluding carboxylic acids is 2. The van der Waals surface area contributed by atoms with E-state index in [2.05, 4.69) is 25.6 Å². The van der Waals surface area contributed by atoms with Crippen molar-refractivity contribution in [2.24, 2.45) is 0 Å². The van der Waals surface area contributed by atoms with Gasteiger partial charge in [0.25, 0.3) is 5.91 Å². The number of anilines is 1. The summed E-state index contributed by atoms with van der Waals surface area (Å²) in [5.41, 5.74) is 3.79. The average molecular weight is 565 g/mol. The summed E-state index contributed by atoms with van der Waals surface area (Å²) in [6.45, 7) is 3.53. The third-order valence-electron chi connectivity index (χ3n) is 7.62. The number of nitrogens with zero attached hydrogens (tertiary/aromatic N) is 4. The summed E-state index contributed by atoms with van der Waals surface area (Å²) in [6.07, 6.45) is 5.99. The van der Waals surface area contributed by atoms with E-state index in [9.17, 15) is 19.8 Å². The molecular formula is C29H33ClN6O4. The molecule has 0 saturated heterocycles. The standard InChI is InChI=1S/C29H33ClN6O4/c1-16-4-3-5-18(10-16)25(15-37)34-27(39)17(2)36-14-24-22(28(36)40)11-19(12-31-24)26-23(30)13-32-29(35-26)33-20-6-8-21(38)9-7-20/h3-5,10-13,17,20-21,25,37-38H,6-9,14-15H2,1-2H3,(H,34,39)(H,32,33,35). The molecule has 3 heterocycles. The Kier molecular flexibility index (Phi) is 8.30. The molecule has 2 unspecified atom stereocenters. The van der Waals surface area contributed by atoms with Crippen LogP contribution in [0.4, 0.5) is 5.95 Å². The lowest BCUT2D eigenvalue weighted by Gasteiger charge is -2.26. The molecule has 2 aromatic heterocycles. The molecule has 0 spiro atoms. The summed E-state index contributed by atoms with van der Waals surface area (Å²) in [4.78, 5) is 41.4. The minimum Gasteiger partial charge on any atom is -0.394 e. The second-order valence-electron chi connectivity index (χ2n) is 10.5. The van der Waals surface area contributed by atoms with Gasteiger partial charge in [0.1, 0.15) is 6.04 Å². The number of hydrogen-bond donors (Lipinski definition) is 4. The van der Waals surface area contributed by atoms with Crippen LogP contribution in [0.1, 0.15) is 65.8 Å². The second-order valence-corrected chi connectivity index (χ2v) is 10.9. The van der Waals surface area contributed by atoms with Gasteiger partial charge in [-0.05, 0) is 51.2 Å². The van der Waals surface area contributed by atoms with Gasteiger partial charge in [0.2, 0.25) is 11.9 Å². The molecule has 1 fully saturated rings. The van der Waals surface area contributed by atoms with Crippen molar-refractivity contribution in [3.8, 4) is 11.3 Å². The van der Waals surface area contributed by atoms with Crippen LogP contribution in [-0.2, 0) is 11.3 Å². The third-order valence-corrected chi connectivity index (χ3v) is 7.90. The molecular weight excluding hydrogens is 532 g/mol. The number of halogens is 1. The fourth-order valence-electron chi connectivity index (χ4n) is 5.23. The van der Waals surface area contributed by atoms with Crippen LogP contribution in [0, 0.1) is 6.92 Å². The Balaban J connectivity index is 1.30. The van der Waals surface area contributed by atoms with E-state index in [4.69, 9.17) is 11.6 Å². The number of pyridine rings is 1. The number of rotatable bonds is 8. The normalized spacial score (nSPS) is 20.1. The molecule has 10 nitrogen and oxygen atoms in total. The minimum atomic E-state index is -0.781. The zero-order chi connectivity index (χ0) is 28.4. The Morgan fingerprint density at radius 3 is 2.67 bits per heavy atom. The minimum absolute atomic E-state index is 0.162. The van der Waals surface area contributed by atoms with E-state index < -0.39 is 12.1 Å². The van der Waals surface area contributed by atoms with Crippen LogP contribution in [-0.4, -0.2) is 66.7 Å². The molecule has 5 rings (SSSR count). The van der Waals surface area contributed by atoms with Gasteiger partial charge in [-0.3, -0.25) is 14.6 Å². The number of fused-ring (bicyclic) bond motifs is 1. The lowest BCUT2D eigenvalue weighted by atomic mass is 9.93. The highest BCUT2D eigenvalue weighted by atomic mass is 35.5. The highest BCUT2D eigenvalue weighted by Gasteiger charge is 2.36. The molecule has 0 bridgehead atoms. The van der Waals surface area contributed by atoms with Crippen LogP contribution in [0.2, 0.25) is 5.02 Å². The van der Waals surface area contributed by atoms with Crippen LogP contribution in [0.15, 0.2) is 42.7 Å². The molecule has 4 N–H and O–H groups in total. The van der Waals surface area contributed by atoms with Crippen molar-refractivity contribution in [2.45, 2.75) is 70.3 Å². The molecule has 2 aliphatic rings. The predicted molar refractivity (Wildman–Crippen MR) is 151 cm³/mol. The molecule has 1 aromatic carbocycles. The highest BCUT2D eigenvalue weighted by Crippen LogP contribution is 2.31. The molecule has 11 heteroatoms. The van der Waals surface area contributed by atoms with E-state index in [1.54, 1.807) is 19.2 Å². The maximum Gasteiger partial charge on any atom is 0.256 e. The zero-order valence-corrected chi connectivity index (χ0v) is 23.2. The van der Waals surface area contributed by atoms with Gasteiger partial charge in [0, 0.05) is 17.8 Å². The van der Waals surface area contributed by atoms with Crippen molar-refractivity contribution in [3.63, 3.8) is 0 Å². The zero-order valence-electron chi connectivity index (χ0n) is 22.5. The van der Waals surface area contributed by atoms with Gasteiger partial charge in [0.15, 0.2) is 0 Å². The Hall–Kier alpha value is -3.60. The van der Waals surface area contributed by atoms with Gasteiger partial charge in [-0.1, -0.05) is 41.4 Å². The molecule has 3 aromatic rings.